The maximum absolute atomic E-state index is 13.0. The second-order valence-corrected chi connectivity index (χ2v) is 5.07. The number of halogens is 2. The summed E-state index contributed by atoms with van der Waals surface area (Å²) in [6.07, 6.45) is 0.0530. The van der Waals surface area contributed by atoms with E-state index in [4.69, 9.17) is 0 Å². The van der Waals surface area contributed by atoms with Crippen LogP contribution in [0.4, 0.5) is 4.39 Å². The van der Waals surface area contributed by atoms with E-state index in [9.17, 15) is 4.39 Å². The van der Waals surface area contributed by atoms with Gasteiger partial charge in [-0.25, -0.2) is 4.39 Å². The van der Waals surface area contributed by atoms with Crippen LogP contribution in [-0.2, 0) is 6.54 Å². The molecular weight excluding hydrogens is 257 g/mol. The Bertz CT molecular complexity index is 353. The number of aryl methyl sites for hydroxylation is 1. The highest BCUT2D eigenvalue weighted by Gasteiger charge is 2.21. The lowest BCUT2D eigenvalue weighted by Gasteiger charge is -2.16. The van der Waals surface area contributed by atoms with Gasteiger partial charge in [-0.2, -0.15) is 0 Å². The maximum Gasteiger partial charge on any atom is 0.114 e. The Hall–Kier alpha value is -0.410. The average Bonchev–Trinajstić information content (AvgIpc) is 2.58. The minimum atomic E-state index is -0.631. The summed E-state index contributed by atoms with van der Waals surface area (Å²) in [5, 5.41) is 0. The largest absolute Gasteiger partial charge is 0.296 e. The van der Waals surface area contributed by atoms with Crippen molar-refractivity contribution in [2.75, 3.05) is 13.1 Å². The molecule has 1 aliphatic heterocycles. The Morgan fingerprint density at radius 2 is 2.33 bits per heavy atom. The summed E-state index contributed by atoms with van der Waals surface area (Å²) < 4.78 is 14.1. The predicted octanol–water partition coefficient (Wildman–Crippen LogP) is 3.30. The number of benzene rings is 1. The van der Waals surface area contributed by atoms with Crippen molar-refractivity contribution < 1.29 is 4.39 Å². The maximum atomic E-state index is 13.0. The summed E-state index contributed by atoms with van der Waals surface area (Å²) in [5.74, 6) is 0. The van der Waals surface area contributed by atoms with Gasteiger partial charge in [0.05, 0.1) is 0 Å². The van der Waals surface area contributed by atoms with E-state index in [0.717, 1.165) is 17.6 Å². The van der Waals surface area contributed by atoms with Crippen LogP contribution in [0.2, 0.25) is 0 Å². The fraction of sp³-hybridized carbons (Fsp3) is 0.500. The molecule has 0 bridgehead atoms. The van der Waals surface area contributed by atoms with E-state index < -0.39 is 6.17 Å². The van der Waals surface area contributed by atoms with E-state index in [1.807, 2.05) is 0 Å². The third kappa shape index (κ3) is 2.79. The van der Waals surface area contributed by atoms with Crippen molar-refractivity contribution in [3.05, 3.63) is 33.8 Å². The van der Waals surface area contributed by atoms with Gasteiger partial charge in [0.2, 0.25) is 0 Å². The summed E-state index contributed by atoms with van der Waals surface area (Å²) in [6.45, 7) is 4.39. The molecule has 1 unspecified atom stereocenters. The van der Waals surface area contributed by atoms with Crippen LogP contribution >= 0.6 is 15.9 Å². The van der Waals surface area contributed by atoms with Crippen molar-refractivity contribution in [2.24, 2.45) is 0 Å². The average molecular weight is 272 g/mol. The van der Waals surface area contributed by atoms with Gasteiger partial charge >= 0.3 is 0 Å². The SMILES string of the molecule is Cc1ccc(Br)c(CN2CCC(F)C2)c1. The topological polar surface area (TPSA) is 3.24 Å². The Balaban J connectivity index is 2.07. The van der Waals surface area contributed by atoms with Gasteiger partial charge in [-0.05, 0) is 25.0 Å². The highest BCUT2D eigenvalue weighted by Crippen LogP contribution is 2.22. The monoisotopic (exact) mass is 271 g/mol. The fourth-order valence-corrected chi connectivity index (χ4v) is 2.37. The van der Waals surface area contributed by atoms with Gasteiger partial charge in [0.25, 0.3) is 0 Å². The molecule has 0 radical (unpaired) electrons. The van der Waals surface area contributed by atoms with Crippen molar-refractivity contribution in [2.45, 2.75) is 26.1 Å². The summed E-state index contributed by atoms with van der Waals surface area (Å²) in [4.78, 5) is 2.17. The quantitative estimate of drug-likeness (QED) is 0.798. The number of hydrogen-bond donors (Lipinski definition) is 0. The van der Waals surface area contributed by atoms with E-state index >= 15 is 0 Å². The lowest BCUT2D eigenvalue weighted by molar-refractivity contribution is 0.282. The van der Waals surface area contributed by atoms with Crippen molar-refractivity contribution in [1.82, 2.24) is 4.90 Å². The van der Waals surface area contributed by atoms with Crippen molar-refractivity contribution in [3.8, 4) is 0 Å². The molecular formula is C12H15BrFN. The molecule has 0 N–H and O–H groups in total. The molecule has 1 aromatic rings. The predicted molar refractivity (Wildman–Crippen MR) is 63.7 cm³/mol. The van der Waals surface area contributed by atoms with Crippen LogP contribution in [0.1, 0.15) is 17.5 Å². The lowest BCUT2D eigenvalue weighted by atomic mass is 10.1. The minimum Gasteiger partial charge on any atom is -0.296 e. The van der Waals surface area contributed by atoms with Gasteiger partial charge in [0.1, 0.15) is 6.17 Å². The molecule has 1 saturated heterocycles. The molecule has 2 rings (SSSR count). The summed E-state index contributed by atoms with van der Waals surface area (Å²) >= 11 is 3.53. The first kappa shape index (κ1) is 11.1. The van der Waals surface area contributed by atoms with Crippen LogP contribution in [0.25, 0.3) is 0 Å². The van der Waals surface area contributed by atoms with E-state index in [1.165, 1.54) is 11.1 Å². The first-order valence-corrected chi connectivity index (χ1v) is 6.06. The van der Waals surface area contributed by atoms with Crippen molar-refractivity contribution in [1.29, 1.82) is 0 Å². The molecule has 3 heteroatoms. The van der Waals surface area contributed by atoms with Crippen LogP contribution in [0, 0.1) is 6.92 Å². The Labute approximate surface area is 98.4 Å². The standard InChI is InChI=1S/C12H15BrFN/c1-9-2-3-12(13)10(6-9)7-15-5-4-11(14)8-15/h2-3,6,11H,4-5,7-8H2,1H3. The Morgan fingerprint density at radius 3 is 3.00 bits per heavy atom. The zero-order chi connectivity index (χ0) is 10.8. The van der Waals surface area contributed by atoms with Gasteiger partial charge in [0.15, 0.2) is 0 Å². The van der Waals surface area contributed by atoms with Crippen LogP contribution in [-0.4, -0.2) is 24.2 Å². The first-order chi connectivity index (χ1) is 7.15. The Morgan fingerprint density at radius 1 is 1.53 bits per heavy atom. The number of rotatable bonds is 2. The van der Waals surface area contributed by atoms with E-state index in [-0.39, 0.29) is 0 Å². The molecule has 0 aromatic heterocycles. The highest BCUT2D eigenvalue weighted by atomic mass is 79.9. The molecule has 15 heavy (non-hydrogen) atoms. The second-order valence-electron chi connectivity index (χ2n) is 4.22. The second kappa shape index (κ2) is 4.62. The van der Waals surface area contributed by atoms with Crippen molar-refractivity contribution in [3.63, 3.8) is 0 Å². The highest BCUT2D eigenvalue weighted by molar-refractivity contribution is 9.10. The molecule has 82 valence electrons. The Kier molecular flexibility index (Phi) is 3.42. The van der Waals surface area contributed by atoms with E-state index in [1.54, 1.807) is 0 Å². The molecule has 0 spiro atoms. The van der Waals surface area contributed by atoms with Gasteiger partial charge in [-0.3, -0.25) is 4.90 Å². The molecule has 0 amide bonds. The molecule has 1 nitrogen and oxygen atoms in total. The summed E-state index contributed by atoms with van der Waals surface area (Å²) in [6, 6.07) is 6.30. The molecule has 1 aromatic carbocycles. The smallest absolute Gasteiger partial charge is 0.114 e. The van der Waals surface area contributed by atoms with Crippen LogP contribution in [0.3, 0.4) is 0 Å². The van der Waals surface area contributed by atoms with Crippen LogP contribution in [0.5, 0.6) is 0 Å². The molecule has 1 fully saturated rings. The number of hydrogen-bond acceptors (Lipinski definition) is 1. The lowest BCUT2D eigenvalue weighted by Crippen LogP contribution is -2.20. The van der Waals surface area contributed by atoms with E-state index in [0.29, 0.717) is 13.0 Å². The third-order valence-electron chi connectivity index (χ3n) is 2.81. The summed E-state index contributed by atoms with van der Waals surface area (Å²) in [7, 11) is 0. The molecule has 1 heterocycles. The molecule has 1 atom stereocenters. The molecule has 0 saturated carbocycles. The van der Waals surface area contributed by atoms with Crippen molar-refractivity contribution >= 4 is 15.9 Å². The summed E-state index contributed by atoms with van der Waals surface area (Å²) in [5.41, 5.74) is 2.51. The fourth-order valence-electron chi connectivity index (χ4n) is 1.99. The third-order valence-corrected chi connectivity index (χ3v) is 3.58. The molecule has 1 aliphatic rings. The number of alkyl halides is 1. The van der Waals surface area contributed by atoms with Gasteiger partial charge in [-0.15, -0.1) is 0 Å². The van der Waals surface area contributed by atoms with E-state index in [2.05, 4.69) is 46.0 Å². The first-order valence-electron chi connectivity index (χ1n) is 5.26. The van der Waals surface area contributed by atoms with Crippen LogP contribution < -0.4 is 0 Å². The number of nitrogens with zero attached hydrogens (tertiary/aromatic N) is 1. The minimum absolute atomic E-state index is 0.584. The number of likely N-dealkylation sites (tertiary alicyclic amines) is 1. The molecule has 0 aliphatic carbocycles. The zero-order valence-electron chi connectivity index (χ0n) is 8.84. The van der Waals surface area contributed by atoms with Crippen LogP contribution in [0.15, 0.2) is 22.7 Å². The van der Waals surface area contributed by atoms with Gasteiger partial charge in [0, 0.05) is 24.1 Å². The normalized spacial score (nSPS) is 22.2. The van der Waals surface area contributed by atoms with Gasteiger partial charge < -0.3 is 0 Å². The zero-order valence-corrected chi connectivity index (χ0v) is 10.4. The van der Waals surface area contributed by atoms with Gasteiger partial charge in [-0.1, -0.05) is 33.6 Å².